The molecule has 1 aromatic rings. The normalized spacial score (nSPS) is 25.4. The van der Waals surface area contributed by atoms with Crippen molar-refractivity contribution in [1.29, 1.82) is 0 Å². The zero-order chi connectivity index (χ0) is 20.3. The average Bonchev–Trinajstić information content (AvgIpc) is 2.84. The lowest BCUT2D eigenvalue weighted by Crippen LogP contribution is -2.52. The van der Waals surface area contributed by atoms with E-state index in [1.165, 1.54) is 0 Å². The minimum Gasteiger partial charge on any atom is -0.485 e. The van der Waals surface area contributed by atoms with Crippen molar-refractivity contribution in [3.05, 3.63) is 29.8 Å². The summed E-state index contributed by atoms with van der Waals surface area (Å²) in [6.45, 7) is 7.00. The highest BCUT2D eigenvalue weighted by atomic mass is 16.5. The number of carbonyl (C=O) groups is 2. The standard InChI is InChI=1S/C23H34N2O3/c1-5-8-17(2)22(27)24(4)20-11-13-23(14-12-20)16-25(18(3)26)15-19-9-6-7-10-21(19)28-23/h6-7,9-10,17,20H,5,8,11-16H2,1-4H3/t17-,20?,23?/m1/s1. The largest absolute Gasteiger partial charge is 0.485 e. The van der Waals surface area contributed by atoms with E-state index in [1.54, 1.807) is 6.92 Å². The zero-order valence-corrected chi connectivity index (χ0v) is 17.7. The summed E-state index contributed by atoms with van der Waals surface area (Å²) in [6.07, 6.45) is 5.51. The van der Waals surface area contributed by atoms with Gasteiger partial charge in [-0.2, -0.15) is 0 Å². The van der Waals surface area contributed by atoms with Crippen LogP contribution in [-0.4, -0.2) is 46.8 Å². The van der Waals surface area contributed by atoms with Crippen LogP contribution in [0.15, 0.2) is 24.3 Å². The van der Waals surface area contributed by atoms with E-state index in [0.29, 0.717) is 13.1 Å². The number of hydrogen-bond acceptors (Lipinski definition) is 3. The molecule has 0 N–H and O–H groups in total. The Morgan fingerprint density at radius 3 is 2.61 bits per heavy atom. The first-order valence-electron chi connectivity index (χ1n) is 10.6. The van der Waals surface area contributed by atoms with Crippen molar-refractivity contribution in [2.45, 2.75) is 77.5 Å². The first-order chi connectivity index (χ1) is 13.3. The Morgan fingerprint density at radius 2 is 1.96 bits per heavy atom. The fourth-order valence-electron chi connectivity index (χ4n) is 4.69. The number of rotatable bonds is 4. The molecule has 2 amide bonds. The highest BCUT2D eigenvalue weighted by molar-refractivity contribution is 5.78. The molecule has 1 aliphatic heterocycles. The number of para-hydroxylation sites is 1. The van der Waals surface area contributed by atoms with Crippen LogP contribution >= 0.6 is 0 Å². The van der Waals surface area contributed by atoms with E-state index in [1.807, 2.05) is 48.0 Å². The van der Waals surface area contributed by atoms with E-state index >= 15 is 0 Å². The van der Waals surface area contributed by atoms with Crippen molar-refractivity contribution >= 4 is 11.8 Å². The van der Waals surface area contributed by atoms with Crippen molar-refractivity contribution in [1.82, 2.24) is 9.80 Å². The second kappa shape index (κ2) is 8.54. The Labute approximate surface area is 169 Å². The van der Waals surface area contributed by atoms with Gasteiger partial charge in [0.2, 0.25) is 11.8 Å². The maximum absolute atomic E-state index is 12.7. The van der Waals surface area contributed by atoms with E-state index < -0.39 is 0 Å². The number of carbonyl (C=O) groups excluding carboxylic acids is 2. The van der Waals surface area contributed by atoms with E-state index in [-0.39, 0.29) is 29.4 Å². The van der Waals surface area contributed by atoms with Crippen LogP contribution < -0.4 is 4.74 Å². The van der Waals surface area contributed by atoms with Gasteiger partial charge in [0, 0.05) is 38.0 Å². The molecule has 1 heterocycles. The van der Waals surface area contributed by atoms with Crippen LogP contribution in [0.4, 0.5) is 0 Å². The highest BCUT2D eigenvalue weighted by Gasteiger charge is 2.43. The fraction of sp³-hybridized carbons (Fsp3) is 0.652. The lowest BCUT2D eigenvalue weighted by Gasteiger charge is -2.43. The predicted octanol–water partition coefficient (Wildman–Crippen LogP) is 4.00. The van der Waals surface area contributed by atoms with Crippen LogP contribution in [0.2, 0.25) is 0 Å². The molecule has 1 fully saturated rings. The molecule has 3 rings (SSSR count). The monoisotopic (exact) mass is 386 g/mol. The van der Waals surface area contributed by atoms with Crippen molar-refractivity contribution in [2.75, 3.05) is 13.6 Å². The Hall–Kier alpha value is -2.04. The second-order valence-electron chi connectivity index (χ2n) is 8.64. The number of fused-ring (bicyclic) bond motifs is 1. The van der Waals surface area contributed by atoms with Gasteiger partial charge in [0.15, 0.2) is 0 Å². The summed E-state index contributed by atoms with van der Waals surface area (Å²) in [4.78, 5) is 28.8. The van der Waals surface area contributed by atoms with Gasteiger partial charge in [0.25, 0.3) is 0 Å². The van der Waals surface area contributed by atoms with E-state index in [4.69, 9.17) is 4.74 Å². The molecule has 0 bridgehead atoms. The fourth-order valence-corrected chi connectivity index (χ4v) is 4.69. The second-order valence-corrected chi connectivity index (χ2v) is 8.64. The molecule has 0 unspecified atom stereocenters. The number of hydrogen-bond donors (Lipinski definition) is 0. The predicted molar refractivity (Wildman–Crippen MR) is 110 cm³/mol. The molecule has 5 heteroatoms. The van der Waals surface area contributed by atoms with Crippen LogP contribution in [0.1, 0.15) is 64.9 Å². The number of nitrogens with zero attached hydrogens (tertiary/aromatic N) is 2. The molecular weight excluding hydrogens is 352 g/mol. The topological polar surface area (TPSA) is 49.9 Å². The van der Waals surface area contributed by atoms with Gasteiger partial charge in [-0.1, -0.05) is 38.5 Å². The number of ether oxygens (including phenoxy) is 1. The minimum atomic E-state index is -0.353. The molecule has 0 aromatic heterocycles. The Kier molecular flexibility index (Phi) is 6.31. The lowest BCUT2D eigenvalue weighted by molar-refractivity contribution is -0.138. The molecule has 1 atom stereocenters. The van der Waals surface area contributed by atoms with Crippen molar-refractivity contribution in [2.24, 2.45) is 5.92 Å². The van der Waals surface area contributed by atoms with Crippen molar-refractivity contribution in [3.63, 3.8) is 0 Å². The van der Waals surface area contributed by atoms with E-state index in [0.717, 1.165) is 49.8 Å². The van der Waals surface area contributed by atoms with Gasteiger partial charge in [0.05, 0.1) is 6.54 Å². The van der Waals surface area contributed by atoms with Crippen LogP contribution in [0.5, 0.6) is 5.75 Å². The van der Waals surface area contributed by atoms with Crippen LogP contribution in [0.25, 0.3) is 0 Å². The lowest BCUT2D eigenvalue weighted by atomic mass is 9.80. The molecule has 5 nitrogen and oxygen atoms in total. The SMILES string of the molecule is CCC[C@@H](C)C(=O)N(C)C1CCC2(CC1)CN(C(C)=O)Cc1ccccc1O2. The van der Waals surface area contributed by atoms with Crippen molar-refractivity contribution in [3.8, 4) is 5.75 Å². The van der Waals surface area contributed by atoms with Gasteiger partial charge in [-0.15, -0.1) is 0 Å². The van der Waals surface area contributed by atoms with E-state index in [9.17, 15) is 9.59 Å². The molecule has 2 aliphatic rings. The number of amides is 2. The number of benzene rings is 1. The first-order valence-corrected chi connectivity index (χ1v) is 10.6. The summed E-state index contributed by atoms with van der Waals surface area (Å²) in [5.41, 5.74) is 0.714. The van der Waals surface area contributed by atoms with Gasteiger partial charge in [-0.25, -0.2) is 0 Å². The van der Waals surface area contributed by atoms with Crippen LogP contribution in [0.3, 0.4) is 0 Å². The zero-order valence-electron chi connectivity index (χ0n) is 17.7. The third-order valence-corrected chi connectivity index (χ3v) is 6.49. The summed E-state index contributed by atoms with van der Waals surface area (Å²) in [5.74, 6) is 1.31. The first kappa shape index (κ1) is 20.7. The van der Waals surface area contributed by atoms with Gasteiger partial charge in [-0.3, -0.25) is 9.59 Å². The summed E-state index contributed by atoms with van der Waals surface area (Å²) >= 11 is 0. The Morgan fingerprint density at radius 1 is 1.29 bits per heavy atom. The Bertz CT molecular complexity index is 710. The van der Waals surface area contributed by atoms with Gasteiger partial charge < -0.3 is 14.5 Å². The van der Waals surface area contributed by atoms with E-state index in [2.05, 4.69) is 6.92 Å². The summed E-state index contributed by atoms with van der Waals surface area (Å²) < 4.78 is 6.54. The highest BCUT2D eigenvalue weighted by Crippen LogP contribution is 2.39. The van der Waals surface area contributed by atoms with Gasteiger partial charge in [-0.05, 0) is 38.2 Å². The summed E-state index contributed by atoms with van der Waals surface area (Å²) in [6, 6.07) is 8.29. The molecule has 28 heavy (non-hydrogen) atoms. The van der Waals surface area contributed by atoms with Crippen molar-refractivity contribution < 1.29 is 14.3 Å². The van der Waals surface area contributed by atoms with Crippen LogP contribution in [-0.2, 0) is 16.1 Å². The van der Waals surface area contributed by atoms with Gasteiger partial charge in [0.1, 0.15) is 11.4 Å². The molecule has 1 saturated carbocycles. The maximum Gasteiger partial charge on any atom is 0.225 e. The molecule has 154 valence electrons. The third-order valence-electron chi connectivity index (χ3n) is 6.49. The molecule has 0 saturated heterocycles. The van der Waals surface area contributed by atoms with Crippen LogP contribution in [0, 0.1) is 5.92 Å². The average molecular weight is 387 g/mol. The summed E-state index contributed by atoms with van der Waals surface area (Å²) in [7, 11) is 1.95. The quantitative estimate of drug-likeness (QED) is 0.786. The molecule has 1 aliphatic carbocycles. The molecule has 1 aromatic carbocycles. The maximum atomic E-state index is 12.7. The third kappa shape index (κ3) is 4.34. The molecule has 0 radical (unpaired) electrons. The smallest absolute Gasteiger partial charge is 0.225 e. The molecular formula is C23H34N2O3. The Balaban J connectivity index is 1.72. The van der Waals surface area contributed by atoms with Gasteiger partial charge >= 0.3 is 0 Å². The minimum absolute atomic E-state index is 0.0834. The molecule has 1 spiro atoms. The summed E-state index contributed by atoms with van der Waals surface area (Å²) in [5, 5.41) is 0.